The van der Waals surface area contributed by atoms with Gasteiger partial charge >= 0.3 is 0 Å². The first kappa shape index (κ1) is 16.2. The summed E-state index contributed by atoms with van der Waals surface area (Å²) in [5.41, 5.74) is 1.05. The van der Waals surface area contributed by atoms with Crippen molar-refractivity contribution in [2.75, 3.05) is 13.1 Å². The molecule has 1 heterocycles. The Bertz CT molecular complexity index is 724. The Balaban J connectivity index is 1.92. The van der Waals surface area contributed by atoms with E-state index in [0.717, 1.165) is 18.4 Å². The van der Waals surface area contributed by atoms with Crippen molar-refractivity contribution in [3.05, 3.63) is 53.6 Å². The van der Waals surface area contributed by atoms with Crippen molar-refractivity contribution in [3.8, 4) is 17.2 Å². The highest BCUT2D eigenvalue weighted by Crippen LogP contribution is 2.36. The van der Waals surface area contributed by atoms with E-state index in [4.69, 9.17) is 4.74 Å². The van der Waals surface area contributed by atoms with Gasteiger partial charge in [0, 0.05) is 25.2 Å². The molecule has 2 aromatic rings. The van der Waals surface area contributed by atoms with Crippen molar-refractivity contribution < 1.29 is 19.7 Å². The number of hydrogen-bond acceptors (Lipinski definition) is 4. The van der Waals surface area contributed by atoms with Crippen molar-refractivity contribution in [2.45, 2.75) is 25.9 Å². The van der Waals surface area contributed by atoms with Gasteiger partial charge in [-0.3, -0.25) is 4.79 Å². The minimum atomic E-state index is -0.322. The van der Waals surface area contributed by atoms with Gasteiger partial charge < -0.3 is 19.8 Å². The van der Waals surface area contributed by atoms with Gasteiger partial charge in [0.15, 0.2) is 0 Å². The lowest BCUT2D eigenvalue weighted by molar-refractivity contribution is 0.0782. The van der Waals surface area contributed by atoms with Crippen LogP contribution in [0.25, 0.3) is 0 Å². The highest BCUT2D eigenvalue weighted by Gasteiger charge is 2.27. The molecule has 2 aromatic carbocycles. The fourth-order valence-electron chi connectivity index (χ4n) is 2.96. The Morgan fingerprint density at radius 1 is 1.12 bits per heavy atom. The van der Waals surface area contributed by atoms with E-state index in [0.29, 0.717) is 13.1 Å². The van der Waals surface area contributed by atoms with E-state index in [1.54, 1.807) is 4.90 Å². The molecule has 1 atom stereocenters. The Morgan fingerprint density at radius 3 is 2.46 bits per heavy atom. The van der Waals surface area contributed by atoms with Crippen LogP contribution in [0.4, 0.5) is 0 Å². The molecule has 5 heteroatoms. The normalized spacial score (nSPS) is 15.3. The van der Waals surface area contributed by atoms with Crippen molar-refractivity contribution in [1.29, 1.82) is 0 Å². The number of likely N-dealkylation sites (tertiary alicyclic amines) is 1. The minimum Gasteiger partial charge on any atom is -0.508 e. The number of amides is 1. The van der Waals surface area contributed by atoms with E-state index in [-0.39, 0.29) is 34.8 Å². The number of rotatable bonds is 4. The zero-order chi connectivity index (χ0) is 17.1. The summed E-state index contributed by atoms with van der Waals surface area (Å²) in [5.74, 6) is -0.469. The first-order valence-corrected chi connectivity index (χ1v) is 8.13. The number of aromatic hydroxyl groups is 2. The van der Waals surface area contributed by atoms with E-state index in [1.807, 2.05) is 37.3 Å². The van der Waals surface area contributed by atoms with Gasteiger partial charge in [-0.2, -0.15) is 0 Å². The van der Waals surface area contributed by atoms with Gasteiger partial charge in [-0.05, 0) is 25.3 Å². The van der Waals surface area contributed by atoms with E-state index < -0.39 is 0 Å². The minimum absolute atomic E-state index is 0.109. The van der Waals surface area contributed by atoms with Crippen LogP contribution in [0.3, 0.4) is 0 Å². The number of nitrogens with zero attached hydrogens (tertiary/aromatic N) is 1. The van der Waals surface area contributed by atoms with Crippen LogP contribution in [0.5, 0.6) is 17.2 Å². The standard InChI is InChI=1S/C19H21NO4/c1-13(14-7-3-2-4-8-14)24-17-12-15(21)11-16(22)18(17)19(23)20-9-5-6-10-20/h2-4,7-8,11-13,21-22H,5-6,9-10H2,1H3. The molecule has 5 nitrogen and oxygen atoms in total. The van der Waals surface area contributed by atoms with Crippen LogP contribution >= 0.6 is 0 Å². The van der Waals surface area contributed by atoms with Crippen LogP contribution in [-0.4, -0.2) is 34.1 Å². The molecule has 0 radical (unpaired) electrons. The third-order valence-electron chi connectivity index (χ3n) is 4.25. The molecule has 0 saturated carbocycles. The fraction of sp³-hybridized carbons (Fsp3) is 0.316. The van der Waals surface area contributed by atoms with Crippen molar-refractivity contribution >= 4 is 5.91 Å². The predicted molar refractivity (Wildman–Crippen MR) is 90.4 cm³/mol. The lowest BCUT2D eigenvalue weighted by Crippen LogP contribution is -2.28. The number of carbonyl (C=O) groups excluding carboxylic acids is 1. The van der Waals surface area contributed by atoms with Gasteiger partial charge in [0.2, 0.25) is 0 Å². The molecule has 0 aromatic heterocycles. The summed E-state index contributed by atoms with van der Waals surface area (Å²) in [6, 6.07) is 12.1. The Morgan fingerprint density at radius 2 is 1.79 bits per heavy atom. The van der Waals surface area contributed by atoms with E-state index in [1.165, 1.54) is 12.1 Å². The molecule has 1 fully saturated rings. The van der Waals surface area contributed by atoms with Crippen LogP contribution in [0.1, 0.15) is 41.8 Å². The predicted octanol–water partition coefficient (Wildman–Crippen LogP) is 3.47. The first-order chi connectivity index (χ1) is 11.6. The van der Waals surface area contributed by atoms with Gasteiger partial charge in [-0.25, -0.2) is 0 Å². The monoisotopic (exact) mass is 327 g/mol. The third-order valence-corrected chi connectivity index (χ3v) is 4.25. The molecule has 24 heavy (non-hydrogen) atoms. The summed E-state index contributed by atoms with van der Waals surface area (Å²) in [4.78, 5) is 14.4. The molecule has 2 N–H and O–H groups in total. The molecule has 0 aliphatic carbocycles. The summed E-state index contributed by atoms with van der Waals surface area (Å²) >= 11 is 0. The lowest BCUT2D eigenvalue weighted by atomic mass is 10.1. The Hall–Kier alpha value is -2.69. The molecule has 1 unspecified atom stereocenters. The van der Waals surface area contributed by atoms with Gasteiger partial charge in [0.05, 0.1) is 0 Å². The average Bonchev–Trinajstić information content (AvgIpc) is 3.09. The smallest absolute Gasteiger partial charge is 0.261 e. The molecule has 1 aliphatic heterocycles. The number of hydrogen-bond donors (Lipinski definition) is 2. The molecule has 126 valence electrons. The van der Waals surface area contributed by atoms with Gasteiger partial charge in [0.1, 0.15) is 28.9 Å². The molecular formula is C19H21NO4. The van der Waals surface area contributed by atoms with Gasteiger partial charge in [-0.1, -0.05) is 30.3 Å². The summed E-state index contributed by atoms with van der Waals surface area (Å²) in [6.45, 7) is 3.21. The molecule has 0 bridgehead atoms. The number of benzene rings is 2. The molecule has 1 saturated heterocycles. The number of phenols is 2. The van der Waals surface area contributed by atoms with Crippen LogP contribution in [-0.2, 0) is 0 Å². The van der Waals surface area contributed by atoms with Crippen molar-refractivity contribution in [2.24, 2.45) is 0 Å². The topological polar surface area (TPSA) is 70.0 Å². The van der Waals surface area contributed by atoms with E-state index >= 15 is 0 Å². The number of phenolic OH excluding ortho intramolecular Hbond substituents is 2. The zero-order valence-corrected chi connectivity index (χ0v) is 13.6. The Labute approximate surface area is 141 Å². The fourth-order valence-corrected chi connectivity index (χ4v) is 2.96. The maximum absolute atomic E-state index is 12.7. The quantitative estimate of drug-likeness (QED) is 0.902. The first-order valence-electron chi connectivity index (χ1n) is 8.13. The van der Waals surface area contributed by atoms with Crippen LogP contribution in [0.2, 0.25) is 0 Å². The summed E-state index contributed by atoms with van der Waals surface area (Å²) in [7, 11) is 0. The average molecular weight is 327 g/mol. The lowest BCUT2D eigenvalue weighted by Gasteiger charge is -2.21. The number of ether oxygens (including phenoxy) is 1. The second kappa shape index (κ2) is 6.83. The second-order valence-electron chi connectivity index (χ2n) is 6.01. The van der Waals surface area contributed by atoms with E-state index in [2.05, 4.69) is 0 Å². The molecule has 1 amide bonds. The Kier molecular flexibility index (Phi) is 4.60. The maximum atomic E-state index is 12.7. The highest BCUT2D eigenvalue weighted by atomic mass is 16.5. The summed E-state index contributed by atoms with van der Waals surface area (Å²) in [6.07, 6.45) is 1.60. The second-order valence-corrected chi connectivity index (χ2v) is 6.01. The molecule has 0 spiro atoms. The molecule has 1 aliphatic rings. The van der Waals surface area contributed by atoms with Crippen LogP contribution in [0.15, 0.2) is 42.5 Å². The molecule has 3 rings (SSSR count). The summed E-state index contributed by atoms with van der Waals surface area (Å²) < 4.78 is 5.91. The molecular weight excluding hydrogens is 306 g/mol. The zero-order valence-electron chi connectivity index (χ0n) is 13.6. The third kappa shape index (κ3) is 3.30. The van der Waals surface area contributed by atoms with Crippen LogP contribution < -0.4 is 4.74 Å². The van der Waals surface area contributed by atoms with Gasteiger partial charge in [0.25, 0.3) is 5.91 Å². The highest BCUT2D eigenvalue weighted by molar-refractivity contribution is 6.00. The maximum Gasteiger partial charge on any atom is 0.261 e. The summed E-state index contributed by atoms with van der Waals surface area (Å²) in [5, 5.41) is 20.0. The number of carbonyl (C=O) groups is 1. The largest absolute Gasteiger partial charge is 0.508 e. The van der Waals surface area contributed by atoms with Crippen molar-refractivity contribution in [1.82, 2.24) is 4.90 Å². The van der Waals surface area contributed by atoms with E-state index in [9.17, 15) is 15.0 Å². The van der Waals surface area contributed by atoms with Gasteiger partial charge in [-0.15, -0.1) is 0 Å². The van der Waals surface area contributed by atoms with Crippen LogP contribution in [0, 0.1) is 0 Å². The van der Waals surface area contributed by atoms with Crippen molar-refractivity contribution in [3.63, 3.8) is 0 Å². The SMILES string of the molecule is CC(Oc1cc(O)cc(O)c1C(=O)N1CCCC1)c1ccccc1.